The zero-order chi connectivity index (χ0) is 17.4. The van der Waals surface area contributed by atoms with Crippen LogP contribution in [0.15, 0.2) is 48.5 Å². The first-order chi connectivity index (χ1) is 12.1. The number of likely N-dealkylation sites (N-methyl/N-ethyl adjacent to an activating group) is 1. The molecule has 1 aromatic heterocycles. The van der Waals surface area contributed by atoms with Gasteiger partial charge in [-0.05, 0) is 37.1 Å². The van der Waals surface area contributed by atoms with E-state index >= 15 is 0 Å². The van der Waals surface area contributed by atoms with Crippen molar-refractivity contribution in [2.24, 2.45) is 0 Å². The van der Waals surface area contributed by atoms with Crippen molar-refractivity contribution in [2.45, 2.75) is 25.9 Å². The van der Waals surface area contributed by atoms with E-state index in [1.54, 1.807) is 16.2 Å². The number of aromatic nitrogens is 1. The van der Waals surface area contributed by atoms with Crippen LogP contribution in [0.1, 0.15) is 17.5 Å². The fourth-order valence-corrected chi connectivity index (χ4v) is 4.44. The van der Waals surface area contributed by atoms with Gasteiger partial charge in [-0.3, -0.25) is 4.79 Å². The third-order valence-electron chi connectivity index (χ3n) is 4.79. The standard InChI is InChI=1S/C20H21N3OS/c1-14-11-15-7-3-5-9-17(15)23(14)13-20(24)22(2)12-19-21-16-8-4-6-10-18(16)25-19/h3-10,14H,11-13H2,1-2H3/t14-/m0/s1. The molecule has 0 bridgehead atoms. The van der Waals surface area contributed by atoms with Crippen LogP contribution in [0.4, 0.5) is 5.69 Å². The van der Waals surface area contributed by atoms with Crippen LogP contribution in [0, 0.1) is 0 Å². The fraction of sp³-hybridized carbons (Fsp3) is 0.300. The van der Waals surface area contributed by atoms with Crippen LogP contribution >= 0.6 is 11.3 Å². The van der Waals surface area contributed by atoms with Gasteiger partial charge in [0.15, 0.2) is 0 Å². The van der Waals surface area contributed by atoms with Crippen molar-refractivity contribution < 1.29 is 4.79 Å². The Morgan fingerprint density at radius 1 is 1.24 bits per heavy atom. The van der Waals surface area contributed by atoms with Crippen LogP contribution in [-0.2, 0) is 17.8 Å². The molecule has 0 saturated carbocycles. The van der Waals surface area contributed by atoms with Crippen molar-refractivity contribution in [1.82, 2.24) is 9.88 Å². The lowest BCUT2D eigenvalue weighted by atomic mass is 10.1. The molecule has 1 atom stereocenters. The number of anilines is 1. The van der Waals surface area contributed by atoms with E-state index in [-0.39, 0.29) is 5.91 Å². The molecule has 0 aliphatic carbocycles. The molecule has 5 heteroatoms. The van der Waals surface area contributed by atoms with Crippen molar-refractivity contribution >= 4 is 33.1 Å². The van der Waals surface area contributed by atoms with Crippen molar-refractivity contribution in [3.05, 3.63) is 59.1 Å². The van der Waals surface area contributed by atoms with E-state index in [0.29, 0.717) is 19.1 Å². The number of hydrogen-bond donors (Lipinski definition) is 0. The Hall–Kier alpha value is -2.40. The van der Waals surface area contributed by atoms with Crippen molar-refractivity contribution in [2.75, 3.05) is 18.5 Å². The summed E-state index contributed by atoms with van der Waals surface area (Å²) < 4.78 is 1.17. The molecule has 128 valence electrons. The Morgan fingerprint density at radius 2 is 2.00 bits per heavy atom. The average Bonchev–Trinajstić information content (AvgIpc) is 3.15. The first-order valence-corrected chi connectivity index (χ1v) is 9.36. The molecule has 0 unspecified atom stereocenters. The molecule has 1 amide bonds. The Bertz CT molecular complexity index is 887. The Morgan fingerprint density at radius 3 is 2.84 bits per heavy atom. The topological polar surface area (TPSA) is 36.4 Å². The quantitative estimate of drug-likeness (QED) is 0.719. The summed E-state index contributed by atoms with van der Waals surface area (Å²) in [4.78, 5) is 21.4. The number of carbonyl (C=O) groups is 1. The largest absolute Gasteiger partial charge is 0.359 e. The van der Waals surface area contributed by atoms with Gasteiger partial charge in [-0.2, -0.15) is 0 Å². The number of rotatable bonds is 4. The maximum atomic E-state index is 12.7. The van der Waals surface area contributed by atoms with Gasteiger partial charge in [0.1, 0.15) is 5.01 Å². The summed E-state index contributed by atoms with van der Waals surface area (Å²) in [5, 5.41) is 0.979. The number of fused-ring (bicyclic) bond motifs is 2. The second-order valence-corrected chi connectivity index (χ2v) is 7.75. The van der Waals surface area contributed by atoms with Gasteiger partial charge >= 0.3 is 0 Å². The molecule has 3 aromatic rings. The summed E-state index contributed by atoms with van der Waals surface area (Å²) >= 11 is 1.66. The number of para-hydroxylation sites is 2. The van der Waals surface area contributed by atoms with Crippen molar-refractivity contribution in [3.8, 4) is 0 Å². The maximum Gasteiger partial charge on any atom is 0.242 e. The van der Waals surface area contributed by atoms with Crippen molar-refractivity contribution in [3.63, 3.8) is 0 Å². The van der Waals surface area contributed by atoms with E-state index in [2.05, 4.69) is 41.1 Å². The minimum Gasteiger partial charge on any atom is -0.359 e. The third kappa shape index (κ3) is 3.12. The highest BCUT2D eigenvalue weighted by molar-refractivity contribution is 7.18. The summed E-state index contributed by atoms with van der Waals surface area (Å²) in [5.74, 6) is 0.128. The maximum absolute atomic E-state index is 12.7. The van der Waals surface area contributed by atoms with Gasteiger partial charge in [-0.25, -0.2) is 4.98 Å². The van der Waals surface area contributed by atoms with E-state index in [9.17, 15) is 4.79 Å². The SMILES string of the molecule is C[C@H]1Cc2ccccc2N1CC(=O)N(C)Cc1nc2ccccc2s1. The lowest BCUT2D eigenvalue weighted by molar-refractivity contribution is -0.129. The molecular formula is C20H21N3OS. The lowest BCUT2D eigenvalue weighted by Crippen LogP contribution is -2.40. The van der Waals surface area contributed by atoms with E-state index in [0.717, 1.165) is 16.9 Å². The number of amides is 1. The molecule has 0 N–H and O–H groups in total. The smallest absolute Gasteiger partial charge is 0.242 e. The van der Waals surface area contributed by atoms with Gasteiger partial charge in [0.25, 0.3) is 0 Å². The second-order valence-electron chi connectivity index (χ2n) is 6.63. The molecule has 2 aromatic carbocycles. The first kappa shape index (κ1) is 16.1. The van der Waals surface area contributed by atoms with Gasteiger partial charge in [-0.15, -0.1) is 11.3 Å². The predicted octanol–water partition coefficient (Wildman–Crippen LogP) is 3.71. The molecule has 4 rings (SSSR count). The van der Waals surface area contributed by atoms with Gasteiger partial charge < -0.3 is 9.80 Å². The van der Waals surface area contributed by atoms with Crippen LogP contribution in [0.25, 0.3) is 10.2 Å². The first-order valence-electron chi connectivity index (χ1n) is 8.55. The minimum absolute atomic E-state index is 0.128. The number of benzene rings is 2. The highest BCUT2D eigenvalue weighted by atomic mass is 32.1. The highest BCUT2D eigenvalue weighted by Crippen LogP contribution is 2.31. The van der Waals surface area contributed by atoms with Gasteiger partial charge in [0, 0.05) is 18.8 Å². The highest BCUT2D eigenvalue weighted by Gasteiger charge is 2.28. The monoisotopic (exact) mass is 351 g/mol. The van der Waals surface area contributed by atoms with Crippen LogP contribution < -0.4 is 4.90 Å². The van der Waals surface area contributed by atoms with E-state index in [4.69, 9.17) is 0 Å². The lowest BCUT2D eigenvalue weighted by Gasteiger charge is -2.26. The van der Waals surface area contributed by atoms with Gasteiger partial charge in [0.05, 0.1) is 23.3 Å². The molecule has 0 radical (unpaired) electrons. The van der Waals surface area contributed by atoms with E-state index in [1.807, 2.05) is 31.3 Å². The third-order valence-corrected chi connectivity index (χ3v) is 5.81. The Balaban J connectivity index is 1.45. The fourth-order valence-electron chi connectivity index (χ4n) is 3.42. The molecule has 4 nitrogen and oxygen atoms in total. The Kier molecular flexibility index (Phi) is 4.17. The second kappa shape index (κ2) is 6.48. The number of carbonyl (C=O) groups excluding carboxylic acids is 1. The molecule has 1 aliphatic rings. The summed E-state index contributed by atoms with van der Waals surface area (Å²) in [7, 11) is 1.86. The van der Waals surface area contributed by atoms with Crippen LogP contribution in [-0.4, -0.2) is 35.4 Å². The summed E-state index contributed by atoms with van der Waals surface area (Å²) in [6.45, 7) is 3.16. The minimum atomic E-state index is 0.128. The van der Waals surface area contributed by atoms with Gasteiger partial charge in [-0.1, -0.05) is 30.3 Å². The number of nitrogens with zero attached hydrogens (tertiary/aromatic N) is 3. The molecule has 25 heavy (non-hydrogen) atoms. The zero-order valence-corrected chi connectivity index (χ0v) is 15.3. The summed E-state index contributed by atoms with van der Waals surface area (Å²) in [5.41, 5.74) is 3.53. The van der Waals surface area contributed by atoms with Crippen LogP contribution in [0.3, 0.4) is 0 Å². The van der Waals surface area contributed by atoms with Crippen molar-refractivity contribution in [1.29, 1.82) is 0 Å². The van der Waals surface area contributed by atoms with Crippen LogP contribution in [0.2, 0.25) is 0 Å². The Labute approximate surface area is 151 Å². The molecule has 0 saturated heterocycles. The molecule has 1 aliphatic heterocycles. The molecule has 0 fully saturated rings. The molecule has 2 heterocycles. The zero-order valence-electron chi connectivity index (χ0n) is 14.5. The van der Waals surface area contributed by atoms with Gasteiger partial charge in [0.2, 0.25) is 5.91 Å². The number of hydrogen-bond acceptors (Lipinski definition) is 4. The van der Waals surface area contributed by atoms with E-state index in [1.165, 1.54) is 16.0 Å². The summed E-state index contributed by atoms with van der Waals surface area (Å²) in [6, 6.07) is 16.8. The van der Waals surface area contributed by atoms with Crippen LogP contribution in [0.5, 0.6) is 0 Å². The predicted molar refractivity (Wildman–Crippen MR) is 103 cm³/mol. The number of thiazole rings is 1. The molecular weight excluding hydrogens is 330 g/mol. The summed E-state index contributed by atoms with van der Waals surface area (Å²) in [6.07, 6.45) is 1.00. The normalized spacial score (nSPS) is 16.2. The molecule has 0 spiro atoms. The average molecular weight is 351 g/mol. The van der Waals surface area contributed by atoms with E-state index < -0.39 is 0 Å².